The fourth-order valence-corrected chi connectivity index (χ4v) is 3.19. The van der Waals surface area contributed by atoms with E-state index in [9.17, 15) is 9.59 Å². The summed E-state index contributed by atoms with van der Waals surface area (Å²) in [5.41, 5.74) is 5.35. The second-order valence-electron chi connectivity index (χ2n) is 4.37. The van der Waals surface area contributed by atoms with Crippen molar-refractivity contribution in [2.45, 2.75) is 19.0 Å². The molecule has 2 N–H and O–H groups in total. The first-order chi connectivity index (χ1) is 9.00. The van der Waals surface area contributed by atoms with Gasteiger partial charge in [-0.15, -0.1) is 11.3 Å². The van der Waals surface area contributed by atoms with Crippen molar-refractivity contribution in [1.82, 2.24) is 4.90 Å². The molecule has 0 radical (unpaired) electrons. The summed E-state index contributed by atoms with van der Waals surface area (Å²) in [6, 6.07) is 2.42. The van der Waals surface area contributed by atoms with Crippen LogP contribution in [0.1, 0.15) is 16.6 Å². The third-order valence-corrected chi connectivity index (χ3v) is 4.44. The number of nitrogens with zero attached hydrogens (tertiary/aromatic N) is 1. The molecule has 2 rings (SSSR count). The summed E-state index contributed by atoms with van der Waals surface area (Å²) in [5.74, 6) is -0.520. The monoisotopic (exact) mass is 302 g/mol. The van der Waals surface area contributed by atoms with Crippen molar-refractivity contribution < 1.29 is 14.3 Å². The molecule has 7 heteroatoms. The van der Waals surface area contributed by atoms with Crippen LogP contribution in [0.5, 0.6) is 0 Å². The zero-order valence-electron chi connectivity index (χ0n) is 10.5. The highest BCUT2D eigenvalue weighted by molar-refractivity contribution is 7.18. The maximum absolute atomic E-state index is 12.3. The fraction of sp³-hybridized carbons (Fsp3) is 0.500. The Kier molecular flexibility index (Phi) is 4.57. The lowest BCUT2D eigenvalue weighted by molar-refractivity contribution is -0.130. The van der Waals surface area contributed by atoms with Gasteiger partial charge < -0.3 is 10.5 Å². The number of thiophene rings is 1. The average Bonchev–Trinajstić information content (AvgIpc) is 2.83. The van der Waals surface area contributed by atoms with Gasteiger partial charge in [0.05, 0.1) is 28.5 Å². The summed E-state index contributed by atoms with van der Waals surface area (Å²) in [4.78, 5) is 26.1. The van der Waals surface area contributed by atoms with Crippen molar-refractivity contribution in [3.05, 3.63) is 21.3 Å². The number of hydrogen-bond donors (Lipinski definition) is 1. The third kappa shape index (κ3) is 3.14. The standard InChI is InChI=1S/C12H15ClN2O3S/c1-7(11(16)9-2-3-10(13)19-9)15-4-5-18-6-8(15)12(14)17/h2-3,7-8H,4-6H2,1H3,(H2,14,17). The molecule has 104 valence electrons. The normalized spacial score (nSPS) is 22.1. The van der Waals surface area contributed by atoms with Gasteiger partial charge in [0.2, 0.25) is 5.91 Å². The van der Waals surface area contributed by atoms with E-state index in [1.165, 1.54) is 11.3 Å². The highest BCUT2D eigenvalue weighted by Gasteiger charge is 2.34. The molecule has 0 spiro atoms. The molecule has 2 heterocycles. The van der Waals surface area contributed by atoms with Gasteiger partial charge in [-0.05, 0) is 19.1 Å². The van der Waals surface area contributed by atoms with E-state index >= 15 is 0 Å². The molecule has 1 aliphatic heterocycles. The molecule has 1 aromatic heterocycles. The van der Waals surface area contributed by atoms with Crippen molar-refractivity contribution >= 4 is 34.6 Å². The topological polar surface area (TPSA) is 72.6 Å². The Balaban J connectivity index is 2.15. The summed E-state index contributed by atoms with van der Waals surface area (Å²) in [7, 11) is 0. The fourth-order valence-electron chi connectivity index (χ4n) is 2.13. The number of carbonyl (C=O) groups is 2. The number of morpholine rings is 1. The smallest absolute Gasteiger partial charge is 0.237 e. The zero-order chi connectivity index (χ0) is 14.0. The number of halogens is 1. The zero-order valence-corrected chi connectivity index (χ0v) is 12.0. The van der Waals surface area contributed by atoms with Gasteiger partial charge >= 0.3 is 0 Å². The lowest BCUT2D eigenvalue weighted by Crippen LogP contribution is -2.57. The van der Waals surface area contributed by atoms with Crippen LogP contribution in [0.25, 0.3) is 0 Å². The van der Waals surface area contributed by atoms with Crippen molar-refractivity contribution in [3.63, 3.8) is 0 Å². The lowest BCUT2D eigenvalue weighted by Gasteiger charge is -2.36. The van der Waals surface area contributed by atoms with Gasteiger partial charge in [-0.1, -0.05) is 11.6 Å². The van der Waals surface area contributed by atoms with Crippen molar-refractivity contribution in [3.8, 4) is 0 Å². The quantitative estimate of drug-likeness (QED) is 0.847. The summed E-state index contributed by atoms with van der Waals surface area (Å²) in [6.45, 7) is 3.02. The molecule has 0 aliphatic carbocycles. The van der Waals surface area contributed by atoms with Gasteiger partial charge in [-0.25, -0.2) is 0 Å². The second kappa shape index (κ2) is 6.00. The molecule has 1 aliphatic rings. The molecule has 1 fully saturated rings. The third-order valence-electron chi connectivity index (χ3n) is 3.19. The molecular formula is C12H15ClN2O3S. The van der Waals surface area contributed by atoms with E-state index in [-0.39, 0.29) is 12.4 Å². The molecule has 5 nitrogen and oxygen atoms in total. The largest absolute Gasteiger partial charge is 0.378 e. The van der Waals surface area contributed by atoms with Crippen LogP contribution in [0.3, 0.4) is 0 Å². The van der Waals surface area contributed by atoms with Gasteiger partial charge in [0, 0.05) is 6.54 Å². The van der Waals surface area contributed by atoms with Crippen molar-refractivity contribution in [2.75, 3.05) is 19.8 Å². The van der Waals surface area contributed by atoms with Crippen LogP contribution in [0.4, 0.5) is 0 Å². The van der Waals surface area contributed by atoms with Crippen LogP contribution in [0.15, 0.2) is 12.1 Å². The van der Waals surface area contributed by atoms with Gasteiger partial charge in [0.25, 0.3) is 0 Å². The predicted octanol–water partition coefficient (Wildman–Crippen LogP) is 1.16. The molecule has 19 heavy (non-hydrogen) atoms. The highest BCUT2D eigenvalue weighted by atomic mass is 35.5. The first kappa shape index (κ1) is 14.5. The Labute approximate surface area is 120 Å². The first-order valence-electron chi connectivity index (χ1n) is 5.93. The number of amides is 1. The summed E-state index contributed by atoms with van der Waals surface area (Å²) in [6.07, 6.45) is 0. The van der Waals surface area contributed by atoms with E-state index in [1.807, 2.05) is 0 Å². The van der Waals surface area contributed by atoms with Gasteiger partial charge in [0.15, 0.2) is 5.78 Å². The van der Waals surface area contributed by atoms with Gasteiger partial charge in [-0.3, -0.25) is 14.5 Å². The van der Waals surface area contributed by atoms with E-state index in [1.54, 1.807) is 24.0 Å². The number of hydrogen-bond acceptors (Lipinski definition) is 5. The maximum Gasteiger partial charge on any atom is 0.237 e. The number of Topliss-reactive ketones (excluding diaryl/α,β-unsaturated/α-hetero) is 1. The number of nitrogens with two attached hydrogens (primary N) is 1. The number of rotatable bonds is 4. The average molecular weight is 303 g/mol. The Hall–Kier alpha value is -0.950. The van der Waals surface area contributed by atoms with Crippen LogP contribution >= 0.6 is 22.9 Å². The van der Waals surface area contributed by atoms with E-state index in [4.69, 9.17) is 22.1 Å². The minimum Gasteiger partial charge on any atom is -0.378 e. The molecule has 0 aromatic carbocycles. The van der Waals surface area contributed by atoms with Gasteiger partial charge in [0.1, 0.15) is 6.04 Å². The SMILES string of the molecule is CC(C(=O)c1ccc(Cl)s1)N1CCOCC1C(N)=O. The van der Waals surface area contributed by atoms with Crippen LogP contribution < -0.4 is 5.73 Å². The Morgan fingerprint density at radius 2 is 2.32 bits per heavy atom. The number of ketones is 1. The number of carbonyl (C=O) groups excluding carboxylic acids is 2. The van der Waals surface area contributed by atoms with E-state index in [0.717, 1.165) is 0 Å². The van der Waals surface area contributed by atoms with Crippen molar-refractivity contribution in [2.24, 2.45) is 5.73 Å². The summed E-state index contributed by atoms with van der Waals surface area (Å²) in [5, 5.41) is 0. The molecule has 2 atom stereocenters. The van der Waals surface area contributed by atoms with Crippen LogP contribution in [0.2, 0.25) is 4.34 Å². The molecular weight excluding hydrogens is 288 g/mol. The molecule has 0 bridgehead atoms. The minimum atomic E-state index is -0.553. The minimum absolute atomic E-state index is 0.0509. The maximum atomic E-state index is 12.3. The van der Waals surface area contributed by atoms with Gasteiger partial charge in [-0.2, -0.15) is 0 Å². The summed E-state index contributed by atoms with van der Waals surface area (Å²) >= 11 is 7.07. The van der Waals surface area contributed by atoms with E-state index in [2.05, 4.69) is 0 Å². The molecule has 2 unspecified atom stereocenters. The van der Waals surface area contributed by atoms with Crippen LogP contribution in [-0.2, 0) is 9.53 Å². The Morgan fingerprint density at radius 1 is 1.58 bits per heavy atom. The second-order valence-corrected chi connectivity index (χ2v) is 6.09. The molecule has 1 aromatic rings. The predicted molar refractivity (Wildman–Crippen MR) is 73.6 cm³/mol. The highest BCUT2D eigenvalue weighted by Crippen LogP contribution is 2.24. The number of ether oxygens (including phenoxy) is 1. The first-order valence-corrected chi connectivity index (χ1v) is 7.12. The molecule has 1 amide bonds. The van der Waals surface area contributed by atoms with Crippen molar-refractivity contribution in [1.29, 1.82) is 0 Å². The lowest BCUT2D eigenvalue weighted by atomic mass is 10.1. The van der Waals surface area contributed by atoms with E-state index < -0.39 is 18.0 Å². The molecule has 0 saturated carbocycles. The molecule has 1 saturated heterocycles. The van der Waals surface area contributed by atoms with Crippen LogP contribution in [-0.4, -0.2) is 48.4 Å². The Bertz CT molecular complexity index is 491. The van der Waals surface area contributed by atoms with E-state index in [0.29, 0.717) is 22.4 Å². The van der Waals surface area contributed by atoms with Crippen LogP contribution in [0, 0.1) is 0 Å². The summed E-state index contributed by atoms with van der Waals surface area (Å²) < 4.78 is 5.81. The Morgan fingerprint density at radius 3 is 2.89 bits per heavy atom. The number of primary amides is 1.